The summed E-state index contributed by atoms with van der Waals surface area (Å²) in [5, 5.41) is 3.96. The number of rotatable bonds is 2. The molecule has 3 heterocycles. The molecular weight excluding hydrogens is 345 g/mol. The number of alkyl halides is 3. The molecule has 4 rings (SSSR count). The first-order chi connectivity index (χ1) is 12.4. The van der Waals surface area contributed by atoms with Crippen molar-refractivity contribution < 1.29 is 17.7 Å². The van der Waals surface area contributed by atoms with Crippen molar-refractivity contribution in [2.45, 2.75) is 13.1 Å². The minimum Gasteiger partial charge on any atom is -0.354 e. The topological polar surface area (TPSA) is 45.4 Å². The van der Waals surface area contributed by atoms with Crippen LogP contribution in [0.15, 0.2) is 41.1 Å². The lowest BCUT2D eigenvalue weighted by atomic mass is 10.1. The fraction of sp³-hybridized carbons (Fsp3) is 0.333. The predicted molar refractivity (Wildman–Crippen MR) is 92.4 cm³/mol. The number of hydrogen-bond acceptors (Lipinski definition) is 5. The van der Waals surface area contributed by atoms with Gasteiger partial charge in [-0.05, 0) is 30.7 Å². The van der Waals surface area contributed by atoms with Gasteiger partial charge in [0.25, 0.3) is 0 Å². The van der Waals surface area contributed by atoms with Gasteiger partial charge in [0.05, 0.1) is 10.9 Å². The zero-order valence-electron chi connectivity index (χ0n) is 14.1. The third-order valence-electron chi connectivity index (χ3n) is 4.65. The molecule has 1 fully saturated rings. The van der Waals surface area contributed by atoms with Gasteiger partial charge in [-0.3, -0.25) is 0 Å². The number of nitrogens with zero attached hydrogens (tertiary/aromatic N) is 4. The monoisotopic (exact) mass is 362 g/mol. The van der Waals surface area contributed by atoms with E-state index in [-0.39, 0.29) is 16.8 Å². The van der Waals surface area contributed by atoms with Crippen LogP contribution in [0.5, 0.6) is 0 Å². The van der Waals surface area contributed by atoms with Gasteiger partial charge in [0.2, 0.25) is 0 Å². The van der Waals surface area contributed by atoms with Crippen LogP contribution in [0.25, 0.3) is 11.0 Å². The van der Waals surface area contributed by atoms with Gasteiger partial charge in [-0.1, -0.05) is 17.3 Å². The average molecular weight is 362 g/mol. The van der Waals surface area contributed by atoms with E-state index >= 15 is 0 Å². The largest absolute Gasteiger partial charge is 0.417 e. The summed E-state index contributed by atoms with van der Waals surface area (Å²) in [5.74, 6) is 1.17. The SMILES string of the molecule is Cc1cccnc1N1CCN(c2noc3cccc(C(F)(F)F)c23)CC1. The highest BCUT2D eigenvalue weighted by molar-refractivity contribution is 5.92. The maximum atomic E-state index is 13.4. The fourth-order valence-corrected chi connectivity index (χ4v) is 3.37. The number of benzene rings is 1. The Morgan fingerprint density at radius 2 is 1.65 bits per heavy atom. The number of pyridine rings is 1. The Labute approximate surface area is 148 Å². The number of halogens is 3. The van der Waals surface area contributed by atoms with E-state index in [9.17, 15) is 13.2 Å². The van der Waals surface area contributed by atoms with E-state index in [2.05, 4.69) is 15.0 Å². The lowest BCUT2D eigenvalue weighted by Gasteiger charge is -2.36. The zero-order chi connectivity index (χ0) is 18.3. The summed E-state index contributed by atoms with van der Waals surface area (Å²) in [4.78, 5) is 8.39. The van der Waals surface area contributed by atoms with Crippen LogP contribution in [-0.4, -0.2) is 36.3 Å². The van der Waals surface area contributed by atoms with Crippen molar-refractivity contribution >= 4 is 22.6 Å². The molecule has 0 aliphatic carbocycles. The standard InChI is InChI=1S/C18H17F3N4O/c1-12-4-3-7-22-16(12)24-8-10-25(11-9-24)17-15-13(18(19,20)21)5-2-6-14(15)26-23-17/h2-7H,8-11H2,1H3. The minimum absolute atomic E-state index is 0.0301. The van der Waals surface area contributed by atoms with Gasteiger partial charge >= 0.3 is 6.18 Å². The van der Waals surface area contributed by atoms with Crippen molar-refractivity contribution in [2.24, 2.45) is 0 Å². The van der Waals surface area contributed by atoms with Gasteiger partial charge < -0.3 is 14.3 Å². The smallest absolute Gasteiger partial charge is 0.354 e. The second kappa shape index (κ2) is 6.19. The summed E-state index contributed by atoms with van der Waals surface area (Å²) >= 11 is 0. The second-order valence-corrected chi connectivity index (χ2v) is 6.30. The number of fused-ring (bicyclic) bond motifs is 1. The maximum Gasteiger partial charge on any atom is 0.417 e. The first-order valence-corrected chi connectivity index (χ1v) is 8.32. The molecule has 0 atom stereocenters. The molecule has 0 unspecified atom stereocenters. The van der Waals surface area contributed by atoms with Gasteiger partial charge in [0, 0.05) is 32.4 Å². The molecule has 0 saturated carbocycles. The average Bonchev–Trinajstić information content (AvgIpc) is 3.05. The maximum absolute atomic E-state index is 13.4. The third-order valence-corrected chi connectivity index (χ3v) is 4.65. The van der Waals surface area contributed by atoms with Crippen LogP contribution in [-0.2, 0) is 6.18 Å². The molecule has 136 valence electrons. The summed E-state index contributed by atoms with van der Waals surface area (Å²) in [5.41, 5.74) is 0.513. The van der Waals surface area contributed by atoms with Crippen LogP contribution in [0.1, 0.15) is 11.1 Å². The number of anilines is 2. The first-order valence-electron chi connectivity index (χ1n) is 8.32. The molecule has 3 aromatic rings. The molecule has 0 amide bonds. The normalized spacial score (nSPS) is 15.7. The van der Waals surface area contributed by atoms with Crippen LogP contribution in [0, 0.1) is 6.92 Å². The number of aromatic nitrogens is 2. The highest BCUT2D eigenvalue weighted by Gasteiger charge is 2.36. The Bertz CT molecular complexity index is 930. The highest BCUT2D eigenvalue weighted by atomic mass is 19.4. The molecule has 26 heavy (non-hydrogen) atoms. The van der Waals surface area contributed by atoms with Gasteiger partial charge in [-0.15, -0.1) is 0 Å². The van der Waals surface area contributed by atoms with Crippen molar-refractivity contribution in [3.05, 3.63) is 47.7 Å². The van der Waals surface area contributed by atoms with E-state index in [1.807, 2.05) is 24.0 Å². The second-order valence-electron chi connectivity index (χ2n) is 6.30. The van der Waals surface area contributed by atoms with Crippen LogP contribution >= 0.6 is 0 Å². The molecule has 1 aliphatic rings. The molecule has 0 radical (unpaired) electrons. The molecular formula is C18H17F3N4O. The Morgan fingerprint density at radius 3 is 2.31 bits per heavy atom. The van der Waals surface area contributed by atoms with Crippen LogP contribution < -0.4 is 9.80 Å². The van der Waals surface area contributed by atoms with Crippen molar-refractivity contribution in [1.82, 2.24) is 10.1 Å². The van der Waals surface area contributed by atoms with E-state index in [1.165, 1.54) is 12.1 Å². The Hall–Kier alpha value is -2.77. The summed E-state index contributed by atoms with van der Waals surface area (Å²) in [6, 6.07) is 7.79. The minimum atomic E-state index is -4.45. The molecule has 5 nitrogen and oxygen atoms in total. The van der Waals surface area contributed by atoms with E-state index in [1.54, 1.807) is 6.20 Å². The van der Waals surface area contributed by atoms with Crippen LogP contribution in [0.2, 0.25) is 0 Å². The molecule has 8 heteroatoms. The lowest BCUT2D eigenvalue weighted by Crippen LogP contribution is -2.47. The molecule has 2 aromatic heterocycles. The van der Waals surface area contributed by atoms with Gasteiger partial charge in [-0.2, -0.15) is 13.2 Å². The predicted octanol–water partition coefficient (Wildman–Crippen LogP) is 3.88. The van der Waals surface area contributed by atoms with Crippen LogP contribution in [0.4, 0.5) is 24.8 Å². The van der Waals surface area contributed by atoms with Crippen molar-refractivity contribution in [3.8, 4) is 0 Å². The van der Waals surface area contributed by atoms with Crippen molar-refractivity contribution in [3.63, 3.8) is 0 Å². The van der Waals surface area contributed by atoms with Crippen molar-refractivity contribution in [2.75, 3.05) is 36.0 Å². The molecule has 0 spiro atoms. The van der Waals surface area contributed by atoms with Gasteiger partial charge in [0.15, 0.2) is 11.4 Å². The number of piperazine rings is 1. The summed E-state index contributed by atoms with van der Waals surface area (Å²) in [7, 11) is 0. The van der Waals surface area contributed by atoms with Crippen molar-refractivity contribution in [1.29, 1.82) is 0 Å². The summed E-state index contributed by atoms with van der Waals surface area (Å²) in [6.07, 6.45) is -2.71. The molecule has 0 N–H and O–H groups in total. The quantitative estimate of drug-likeness (QED) is 0.692. The molecule has 1 aromatic carbocycles. The lowest BCUT2D eigenvalue weighted by molar-refractivity contribution is -0.136. The number of aryl methyl sites for hydroxylation is 1. The van der Waals surface area contributed by atoms with Gasteiger partial charge in [-0.25, -0.2) is 4.98 Å². The van der Waals surface area contributed by atoms with Gasteiger partial charge in [0.1, 0.15) is 5.82 Å². The Morgan fingerprint density at radius 1 is 0.962 bits per heavy atom. The Kier molecular flexibility index (Phi) is 3.97. The fourth-order valence-electron chi connectivity index (χ4n) is 3.37. The molecule has 1 aliphatic heterocycles. The summed E-state index contributed by atoms with van der Waals surface area (Å²) < 4.78 is 45.2. The zero-order valence-corrected chi connectivity index (χ0v) is 14.1. The van der Waals surface area contributed by atoms with E-state index in [4.69, 9.17) is 4.52 Å². The van der Waals surface area contributed by atoms with Crippen LogP contribution in [0.3, 0.4) is 0 Å². The van der Waals surface area contributed by atoms with E-state index in [0.29, 0.717) is 26.2 Å². The van der Waals surface area contributed by atoms with E-state index < -0.39 is 11.7 Å². The summed E-state index contributed by atoms with van der Waals surface area (Å²) in [6.45, 7) is 4.39. The third kappa shape index (κ3) is 2.85. The highest BCUT2D eigenvalue weighted by Crippen LogP contribution is 2.39. The van der Waals surface area contributed by atoms with E-state index in [0.717, 1.165) is 17.4 Å². The molecule has 0 bridgehead atoms. The number of hydrogen-bond donors (Lipinski definition) is 0. The molecule has 1 saturated heterocycles. The first kappa shape index (κ1) is 16.7. The Balaban J connectivity index is 1.62.